The second-order valence-corrected chi connectivity index (χ2v) is 4.06. The Kier molecular flexibility index (Phi) is 7.41. The molecule has 0 unspecified atom stereocenters. The van der Waals surface area contributed by atoms with E-state index in [1.165, 1.54) is 27.5 Å². The quantitative estimate of drug-likeness (QED) is 0.318. The molecule has 0 saturated carbocycles. The van der Waals surface area contributed by atoms with Gasteiger partial charge in [-0.15, -0.1) is 0 Å². The number of hydrogen-bond donors (Lipinski definition) is 2. The first-order chi connectivity index (χ1) is 10.6. The van der Waals surface area contributed by atoms with Gasteiger partial charge in [0.05, 0.1) is 27.0 Å². The molecule has 1 rings (SSSR count). The van der Waals surface area contributed by atoms with Gasteiger partial charge in [-0.1, -0.05) is 0 Å². The Morgan fingerprint density at radius 2 is 1.95 bits per heavy atom. The molecular weight excluding hydrogens is 290 g/mol. The highest BCUT2D eigenvalue weighted by atomic mass is 16.5. The highest BCUT2D eigenvalue weighted by Crippen LogP contribution is 2.22. The maximum absolute atomic E-state index is 11.5. The summed E-state index contributed by atoms with van der Waals surface area (Å²) in [4.78, 5) is 22.9. The molecule has 0 aliphatic rings. The van der Waals surface area contributed by atoms with Crippen LogP contribution in [0.2, 0.25) is 0 Å². The van der Waals surface area contributed by atoms with Crippen molar-refractivity contribution in [1.82, 2.24) is 10.7 Å². The Hall–Kier alpha value is -2.61. The lowest BCUT2D eigenvalue weighted by Crippen LogP contribution is -2.39. The fraction of sp³-hybridized carbons (Fsp3) is 0.357. The van der Waals surface area contributed by atoms with E-state index in [9.17, 15) is 9.59 Å². The van der Waals surface area contributed by atoms with Crippen LogP contribution in [0.5, 0.6) is 11.5 Å². The van der Waals surface area contributed by atoms with Crippen LogP contribution in [-0.4, -0.2) is 52.5 Å². The predicted octanol–water partition coefficient (Wildman–Crippen LogP) is -0.0835. The third-order valence-corrected chi connectivity index (χ3v) is 2.60. The van der Waals surface area contributed by atoms with Crippen molar-refractivity contribution in [1.29, 1.82) is 0 Å². The van der Waals surface area contributed by atoms with Crippen LogP contribution in [0.25, 0.3) is 0 Å². The summed E-state index contributed by atoms with van der Waals surface area (Å²) in [6.45, 7) is 0.569. The number of ether oxygens (including phenoxy) is 3. The van der Waals surface area contributed by atoms with Crippen LogP contribution in [0, 0.1) is 0 Å². The van der Waals surface area contributed by atoms with Gasteiger partial charge < -0.3 is 19.5 Å². The molecule has 120 valence electrons. The first kappa shape index (κ1) is 17.4. The molecule has 0 radical (unpaired) electrons. The second-order valence-electron chi connectivity index (χ2n) is 4.06. The van der Waals surface area contributed by atoms with E-state index in [0.29, 0.717) is 23.7 Å². The van der Waals surface area contributed by atoms with Gasteiger partial charge in [0, 0.05) is 19.2 Å². The molecule has 8 heteroatoms. The van der Waals surface area contributed by atoms with Crippen LogP contribution in [-0.2, 0) is 14.3 Å². The molecule has 1 aromatic carbocycles. The smallest absolute Gasteiger partial charge is 0.329 e. The van der Waals surface area contributed by atoms with Crippen molar-refractivity contribution < 1.29 is 23.8 Å². The average Bonchev–Trinajstić information content (AvgIpc) is 2.54. The molecular formula is C14H19N3O5. The number of benzene rings is 1. The van der Waals surface area contributed by atoms with Gasteiger partial charge in [-0.2, -0.15) is 5.10 Å². The summed E-state index contributed by atoms with van der Waals surface area (Å²) < 4.78 is 15.0. The van der Waals surface area contributed by atoms with Crippen molar-refractivity contribution in [3.05, 3.63) is 23.8 Å². The molecule has 0 aromatic heterocycles. The fourth-order valence-electron chi connectivity index (χ4n) is 1.50. The first-order valence-electron chi connectivity index (χ1n) is 6.44. The largest absolute Gasteiger partial charge is 0.497 e. The normalized spacial score (nSPS) is 10.3. The monoisotopic (exact) mass is 309 g/mol. The van der Waals surface area contributed by atoms with Gasteiger partial charge in [0.2, 0.25) is 0 Å². The van der Waals surface area contributed by atoms with Crippen molar-refractivity contribution in [2.75, 3.05) is 34.5 Å². The van der Waals surface area contributed by atoms with Crippen LogP contribution >= 0.6 is 0 Å². The molecule has 0 bridgehead atoms. The summed E-state index contributed by atoms with van der Waals surface area (Å²) in [6.07, 6.45) is 1.36. The zero-order valence-electron chi connectivity index (χ0n) is 12.7. The molecule has 8 nitrogen and oxygen atoms in total. The number of carbonyl (C=O) groups excluding carboxylic acids is 2. The predicted molar refractivity (Wildman–Crippen MR) is 80.2 cm³/mol. The Balaban J connectivity index is 2.61. The Labute approximate surface area is 128 Å². The summed E-state index contributed by atoms with van der Waals surface area (Å²) in [6, 6.07) is 5.13. The van der Waals surface area contributed by atoms with Crippen molar-refractivity contribution >= 4 is 18.0 Å². The summed E-state index contributed by atoms with van der Waals surface area (Å²) in [5.41, 5.74) is 2.73. The highest BCUT2D eigenvalue weighted by Gasteiger charge is 2.11. The van der Waals surface area contributed by atoms with Crippen LogP contribution in [0.4, 0.5) is 0 Å². The van der Waals surface area contributed by atoms with E-state index in [1.54, 1.807) is 18.2 Å². The Morgan fingerprint density at radius 3 is 2.59 bits per heavy atom. The summed E-state index contributed by atoms with van der Waals surface area (Å²) in [5.74, 6) is -0.477. The number of rotatable bonds is 7. The van der Waals surface area contributed by atoms with E-state index < -0.39 is 11.8 Å². The van der Waals surface area contributed by atoms with E-state index in [0.717, 1.165) is 0 Å². The zero-order chi connectivity index (χ0) is 16.4. The molecule has 0 aliphatic carbocycles. The molecule has 22 heavy (non-hydrogen) atoms. The number of hydrazone groups is 1. The lowest BCUT2D eigenvalue weighted by Gasteiger charge is -2.06. The average molecular weight is 309 g/mol. The molecule has 2 amide bonds. The van der Waals surface area contributed by atoms with Crippen molar-refractivity contribution in [3.63, 3.8) is 0 Å². The molecule has 1 aromatic rings. The second kappa shape index (κ2) is 9.35. The molecule has 0 atom stereocenters. The zero-order valence-corrected chi connectivity index (χ0v) is 12.7. The molecule has 0 saturated heterocycles. The summed E-state index contributed by atoms with van der Waals surface area (Å²) in [5, 5.41) is 6.10. The van der Waals surface area contributed by atoms with Gasteiger partial charge in [0.25, 0.3) is 0 Å². The molecule has 0 heterocycles. The third kappa shape index (κ3) is 5.41. The number of methoxy groups -OCH3 is 3. The lowest BCUT2D eigenvalue weighted by atomic mass is 10.2. The van der Waals surface area contributed by atoms with Gasteiger partial charge in [0.1, 0.15) is 11.5 Å². The number of amides is 2. The van der Waals surface area contributed by atoms with Gasteiger partial charge in [0.15, 0.2) is 0 Å². The minimum absolute atomic E-state index is 0.246. The minimum atomic E-state index is -0.866. The lowest BCUT2D eigenvalue weighted by molar-refractivity contribution is -0.139. The number of carbonyl (C=O) groups is 2. The topological polar surface area (TPSA) is 98.2 Å². The van der Waals surface area contributed by atoms with E-state index in [2.05, 4.69) is 15.8 Å². The van der Waals surface area contributed by atoms with Crippen LogP contribution in [0.1, 0.15) is 5.56 Å². The van der Waals surface area contributed by atoms with Gasteiger partial charge in [-0.05, 0) is 18.2 Å². The highest BCUT2D eigenvalue weighted by molar-refractivity contribution is 6.35. The minimum Gasteiger partial charge on any atom is -0.497 e. The van der Waals surface area contributed by atoms with E-state index in [-0.39, 0.29) is 6.54 Å². The summed E-state index contributed by atoms with van der Waals surface area (Å²) in [7, 11) is 4.55. The van der Waals surface area contributed by atoms with Crippen LogP contribution in [0.15, 0.2) is 23.3 Å². The van der Waals surface area contributed by atoms with E-state index >= 15 is 0 Å². The third-order valence-electron chi connectivity index (χ3n) is 2.60. The Bertz CT molecular complexity index is 545. The molecule has 0 spiro atoms. The van der Waals surface area contributed by atoms with Crippen molar-refractivity contribution in [2.45, 2.75) is 0 Å². The maximum Gasteiger partial charge on any atom is 0.329 e. The standard InChI is InChI=1S/C14H19N3O5/c1-20-7-6-15-13(18)14(19)17-16-9-10-8-11(21-2)4-5-12(10)22-3/h4-5,8-9H,6-7H2,1-3H3,(H,15,18)(H,17,19). The van der Waals surface area contributed by atoms with Crippen LogP contribution in [0.3, 0.4) is 0 Å². The van der Waals surface area contributed by atoms with Crippen molar-refractivity contribution in [2.24, 2.45) is 5.10 Å². The fourth-order valence-corrected chi connectivity index (χ4v) is 1.50. The molecule has 0 fully saturated rings. The summed E-state index contributed by atoms with van der Waals surface area (Å²) >= 11 is 0. The number of hydrogen-bond acceptors (Lipinski definition) is 6. The number of nitrogens with one attached hydrogen (secondary N) is 2. The maximum atomic E-state index is 11.5. The van der Waals surface area contributed by atoms with Gasteiger partial charge >= 0.3 is 11.8 Å². The first-order valence-corrected chi connectivity index (χ1v) is 6.44. The van der Waals surface area contributed by atoms with Gasteiger partial charge in [-0.25, -0.2) is 5.43 Å². The molecule has 2 N–H and O–H groups in total. The van der Waals surface area contributed by atoms with Crippen molar-refractivity contribution in [3.8, 4) is 11.5 Å². The SMILES string of the molecule is COCCNC(=O)C(=O)NN=Cc1cc(OC)ccc1OC. The number of nitrogens with zero attached hydrogens (tertiary/aromatic N) is 1. The Morgan fingerprint density at radius 1 is 1.18 bits per heavy atom. The van der Waals surface area contributed by atoms with Crippen LogP contribution < -0.4 is 20.2 Å². The van der Waals surface area contributed by atoms with Gasteiger partial charge in [-0.3, -0.25) is 9.59 Å². The molecule has 0 aliphatic heterocycles. The van der Waals surface area contributed by atoms with E-state index in [1.807, 2.05) is 0 Å². The van der Waals surface area contributed by atoms with E-state index in [4.69, 9.17) is 14.2 Å².